The molecule has 0 spiro atoms. The van der Waals surface area contributed by atoms with E-state index in [0.717, 1.165) is 22.0 Å². The van der Waals surface area contributed by atoms with Gasteiger partial charge in [0.05, 0.1) is 16.1 Å². The van der Waals surface area contributed by atoms with E-state index in [1.165, 1.54) is 17.0 Å². The first-order chi connectivity index (χ1) is 19.8. The molecule has 1 fully saturated rings. The Kier molecular flexibility index (Phi) is 7.71. The van der Waals surface area contributed by atoms with Crippen molar-refractivity contribution in [3.63, 3.8) is 0 Å². The molecule has 0 bridgehead atoms. The molecule has 1 aliphatic heterocycles. The number of halogens is 6. The molecule has 3 aromatic carbocycles. The molecule has 1 aromatic heterocycles. The molecule has 5 rings (SSSR count). The second-order valence-electron chi connectivity index (χ2n) is 10.2. The molecule has 7 nitrogen and oxygen atoms in total. The van der Waals surface area contributed by atoms with Gasteiger partial charge in [-0.2, -0.15) is 26.3 Å². The minimum Gasteiger partial charge on any atom is -0.361 e. The average Bonchev–Trinajstić information content (AvgIpc) is 3.34. The fraction of sp³-hybridized carbons (Fsp3) is 0.276. The van der Waals surface area contributed by atoms with E-state index in [9.17, 15) is 41.3 Å². The van der Waals surface area contributed by atoms with Crippen LogP contribution in [0.25, 0.3) is 10.9 Å². The molecule has 4 aromatic rings. The number of para-hydroxylation sites is 1. The predicted molar refractivity (Wildman–Crippen MR) is 142 cm³/mol. The van der Waals surface area contributed by atoms with Gasteiger partial charge in [0.2, 0.25) is 0 Å². The normalized spacial score (nSPS) is 16.6. The number of hydrogen-bond donors (Lipinski definition) is 1. The summed E-state index contributed by atoms with van der Waals surface area (Å²) in [6.07, 6.45) is -8.10. The van der Waals surface area contributed by atoms with E-state index in [0.29, 0.717) is 18.7 Å². The van der Waals surface area contributed by atoms with E-state index < -0.39 is 45.9 Å². The van der Waals surface area contributed by atoms with Gasteiger partial charge in [0.1, 0.15) is 0 Å². The predicted octanol–water partition coefficient (Wildman–Crippen LogP) is 6.68. The van der Waals surface area contributed by atoms with Crippen molar-refractivity contribution in [2.45, 2.75) is 31.4 Å². The zero-order valence-corrected chi connectivity index (χ0v) is 21.9. The van der Waals surface area contributed by atoms with Crippen LogP contribution in [0, 0.1) is 10.1 Å². The summed E-state index contributed by atoms with van der Waals surface area (Å²) in [6.45, 7) is 0.994. The number of nitrogens with zero attached hydrogens (tertiary/aromatic N) is 3. The van der Waals surface area contributed by atoms with Crippen LogP contribution in [0.2, 0.25) is 0 Å². The van der Waals surface area contributed by atoms with Gasteiger partial charge in [-0.25, -0.2) is 0 Å². The number of benzene rings is 3. The van der Waals surface area contributed by atoms with E-state index in [4.69, 9.17) is 0 Å². The summed E-state index contributed by atoms with van der Waals surface area (Å²) in [6, 6.07) is 13.8. The van der Waals surface area contributed by atoms with Gasteiger partial charge in [-0.3, -0.25) is 19.8 Å². The number of amides is 1. The van der Waals surface area contributed by atoms with Crippen LogP contribution in [0.15, 0.2) is 72.9 Å². The molecule has 0 radical (unpaired) electrons. The Morgan fingerprint density at radius 3 is 2.19 bits per heavy atom. The van der Waals surface area contributed by atoms with Gasteiger partial charge >= 0.3 is 12.4 Å². The molecule has 1 amide bonds. The highest BCUT2D eigenvalue weighted by atomic mass is 19.4. The monoisotopic (exact) mass is 590 g/mol. The number of nitro groups is 1. The Hall–Kier alpha value is -4.39. The molecule has 1 atom stereocenters. The SMILES string of the molecule is O=C(c1cc(C(F)(F)F)cc(C(F)(F)F)c1)N1CCN(Cc2ccc([N+](=O)[O-])cc2)C[C@H]1Cc1c[nH]c2ccccc12. The van der Waals surface area contributed by atoms with E-state index in [-0.39, 0.29) is 37.8 Å². The van der Waals surface area contributed by atoms with Gasteiger partial charge in [-0.1, -0.05) is 30.3 Å². The lowest BCUT2D eigenvalue weighted by Gasteiger charge is -2.42. The van der Waals surface area contributed by atoms with Crippen LogP contribution in [0.5, 0.6) is 0 Å². The third-order valence-corrected chi connectivity index (χ3v) is 7.35. The molecular weight excluding hydrogens is 566 g/mol. The minimum absolute atomic E-state index is 0.00232. The van der Waals surface area contributed by atoms with Crippen LogP contribution in [0.4, 0.5) is 32.0 Å². The maximum Gasteiger partial charge on any atom is 0.416 e. The Balaban J connectivity index is 1.46. The summed E-state index contributed by atoms with van der Waals surface area (Å²) in [5, 5.41) is 11.9. The van der Waals surface area contributed by atoms with Crippen LogP contribution in [0.3, 0.4) is 0 Å². The molecule has 0 aliphatic carbocycles. The van der Waals surface area contributed by atoms with Crippen molar-refractivity contribution in [3.8, 4) is 0 Å². The first kappa shape index (κ1) is 29.1. The number of aromatic amines is 1. The Bertz CT molecular complexity index is 1580. The molecule has 220 valence electrons. The van der Waals surface area contributed by atoms with E-state index in [1.54, 1.807) is 18.3 Å². The standard InChI is InChI=1S/C29H24F6N4O3/c30-28(31,32)21-11-19(12-22(14-21)29(33,34)35)27(40)38-10-9-37(16-18-5-7-23(8-6-18)39(41)42)17-24(38)13-20-15-36-26-4-2-1-3-25(20)26/h1-8,11-12,14-15,24,36H,9-10,13,16-17H2/t24-/m1/s1. The van der Waals surface area contributed by atoms with Crippen LogP contribution < -0.4 is 0 Å². The first-order valence-electron chi connectivity index (χ1n) is 12.9. The van der Waals surface area contributed by atoms with Crippen LogP contribution >= 0.6 is 0 Å². The number of aromatic nitrogens is 1. The van der Waals surface area contributed by atoms with Gasteiger partial charge in [-0.15, -0.1) is 0 Å². The smallest absolute Gasteiger partial charge is 0.361 e. The number of carbonyl (C=O) groups excluding carboxylic acids is 1. The fourth-order valence-electron chi connectivity index (χ4n) is 5.29. The Morgan fingerprint density at radius 2 is 1.57 bits per heavy atom. The van der Waals surface area contributed by atoms with Crippen molar-refractivity contribution >= 4 is 22.5 Å². The summed E-state index contributed by atoms with van der Waals surface area (Å²) in [7, 11) is 0. The lowest BCUT2D eigenvalue weighted by molar-refractivity contribution is -0.384. The second-order valence-corrected chi connectivity index (χ2v) is 10.2. The number of H-pyrrole nitrogens is 1. The molecule has 1 saturated heterocycles. The molecule has 42 heavy (non-hydrogen) atoms. The maximum absolute atomic E-state index is 13.6. The van der Waals surface area contributed by atoms with Gasteiger partial charge in [0, 0.05) is 67.0 Å². The summed E-state index contributed by atoms with van der Waals surface area (Å²) < 4.78 is 81.0. The molecule has 0 unspecified atom stereocenters. The number of carbonyl (C=O) groups is 1. The number of alkyl halides is 6. The van der Waals surface area contributed by atoms with E-state index in [2.05, 4.69) is 4.98 Å². The van der Waals surface area contributed by atoms with E-state index in [1.807, 2.05) is 29.2 Å². The van der Waals surface area contributed by atoms with Crippen LogP contribution in [-0.4, -0.2) is 51.3 Å². The number of fused-ring (bicyclic) bond motifs is 1. The van der Waals surface area contributed by atoms with Crippen LogP contribution in [0.1, 0.15) is 32.6 Å². The molecule has 0 saturated carbocycles. The van der Waals surface area contributed by atoms with Crippen molar-refractivity contribution in [2.75, 3.05) is 19.6 Å². The van der Waals surface area contributed by atoms with Crippen LogP contribution in [-0.2, 0) is 25.3 Å². The van der Waals surface area contributed by atoms with Crippen molar-refractivity contribution in [1.29, 1.82) is 0 Å². The number of hydrogen-bond acceptors (Lipinski definition) is 4. The molecule has 1 N–H and O–H groups in total. The molecule has 2 heterocycles. The van der Waals surface area contributed by atoms with Gasteiger partial charge < -0.3 is 9.88 Å². The van der Waals surface area contributed by atoms with Gasteiger partial charge in [-0.05, 0) is 41.8 Å². The lowest BCUT2D eigenvalue weighted by Crippen LogP contribution is -2.55. The zero-order chi connectivity index (χ0) is 30.2. The topological polar surface area (TPSA) is 82.5 Å². The first-order valence-corrected chi connectivity index (χ1v) is 12.9. The highest BCUT2D eigenvalue weighted by molar-refractivity contribution is 5.95. The number of nitro benzene ring substituents is 1. The largest absolute Gasteiger partial charge is 0.416 e. The second kappa shape index (κ2) is 11.1. The van der Waals surface area contributed by atoms with Crippen molar-refractivity contribution < 1.29 is 36.1 Å². The Labute approximate surface area is 235 Å². The van der Waals surface area contributed by atoms with Crippen molar-refractivity contribution in [1.82, 2.24) is 14.8 Å². The Morgan fingerprint density at radius 1 is 0.929 bits per heavy atom. The van der Waals surface area contributed by atoms with Crippen molar-refractivity contribution in [2.24, 2.45) is 0 Å². The molecule has 1 aliphatic rings. The van der Waals surface area contributed by atoms with Crippen molar-refractivity contribution in [3.05, 3.63) is 111 Å². The maximum atomic E-state index is 13.6. The number of nitrogens with one attached hydrogen (secondary N) is 1. The average molecular weight is 591 g/mol. The molecule has 13 heteroatoms. The lowest BCUT2D eigenvalue weighted by atomic mass is 9.98. The minimum atomic E-state index is -5.08. The zero-order valence-electron chi connectivity index (χ0n) is 21.9. The summed E-state index contributed by atoms with van der Waals surface area (Å²) >= 11 is 0. The molecular formula is C29H24F6N4O3. The quantitative estimate of drug-likeness (QED) is 0.154. The summed E-state index contributed by atoms with van der Waals surface area (Å²) in [5.41, 5.74) is -1.40. The highest BCUT2D eigenvalue weighted by Crippen LogP contribution is 2.37. The number of piperazine rings is 1. The third-order valence-electron chi connectivity index (χ3n) is 7.35. The summed E-state index contributed by atoms with van der Waals surface area (Å²) in [4.78, 5) is 30.6. The third kappa shape index (κ3) is 6.25. The highest BCUT2D eigenvalue weighted by Gasteiger charge is 2.39. The summed E-state index contributed by atoms with van der Waals surface area (Å²) in [5.74, 6) is -0.925. The number of rotatable bonds is 6. The van der Waals surface area contributed by atoms with Gasteiger partial charge in [0.15, 0.2) is 0 Å². The number of non-ortho nitro benzene ring substituents is 1. The van der Waals surface area contributed by atoms with Gasteiger partial charge in [0.25, 0.3) is 11.6 Å². The van der Waals surface area contributed by atoms with E-state index >= 15 is 0 Å². The fourth-order valence-corrected chi connectivity index (χ4v) is 5.29.